The van der Waals surface area contributed by atoms with E-state index in [0.717, 1.165) is 0 Å². The molecule has 9 heteroatoms. The number of H-pyrrole nitrogens is 1. The van der Waals surface area contributed by atoms with Crippen LogP contribution in [0.15, 0.2) is 23.1 Å². The Morgan fingerprint density at radius 3 is 2.31 bits per heavy atom. The van der Waals surface area contributed by atoms with Crippen molar-refractivity contribution in [2.24, 2.45) is 0 Å². The van der Waals surface area contributed by atoms with Crippen LogP contribution in [0.3, 0.4) is 0 Å². The van der Waals surface area contributed by atoms with Crippen LogP contribution in [0, 0.1) is 6.92 Å². The number of sulfonamides is 1. The van der Waals surface area contributed by atoms with Crippen LogP contribution < -0.4 is 5.32 Å². The monoisotopic (exact) mass is 421 g/mol. The fourth-order valence-electron chi connectivity index (χ4n) is 3.37. The van der Waals surface area contributed by atoms with E-state index < -0.39 is 15.9 Å². The number of aromatic amines is 1. The number of hydrogen-bond donors (Lipinski definition) is 3. The molecule has 0 saturated heterocycles. The van der Waals surface area contributed by atoms with Gasteiger partial charge in [0, 0.05) is 24.3 Å². The number of carbonyl (C=O) groups is 2. The van der Waals surface area contributed by atoms with Gasteiger partial charge in [-0.05, 0) is 44.0 Å². The first-order valence-corrected chi connectivity index (χ1v) is 10.9. The highest BCUT2D eigenvalue weighted by molar-refractivity contribution is 7.89. The first-order chi connectivity index (χ1) is 13.6. The number of aromatic nitrogens is 1. The number of phenols is 1. The number of carbonyl (C=O) groups excluding carboxylic acids is 2. The van der Waals surface area contributed by atoms with Crippen molar-refractivity contribution in [1.29, 1.82) is 0 Å². The van der Waals surface area contributed by atoms with Gasteiger partial charge >= 0.3 is 0 Å². The second kappa shape index (κ2) is 8.79. The number of hydrogen-bond acceptors (Lipinski definition) is 5. The van der Waals surface area contributed by atoms with E-state index in [1.54, 1.807) is 20.8 Å². The summed E-state index contributed by atoms with van der Waals surface area (Å²) < 4.78 is 26.7. The average Bonchev–Trinajstić information content (AvgIpc) is 3.00. The van der Waals surface area contributed by atoms with Crippen molar-refractivity contribution >= 4 is 27.4 Å². The fraction of sp³-hybridized carbons (Fsp3) is 0.400. The van der Waals surface area contributed by atoms with Crippen molar-refractivity contribution < 1.29 is 23.1 Å². The zero-order valence-electron chi connectivity index (χ0n) is 17.3. The van der Waals surface area contributed by atoms with Gasteiger partial charge in [0.2, 0.25) is 10.0 Å². The number of Topliss-reactive ketones (excluding diaryl/α,β-unsaturated/α-hetero) is 1. The molecule has 0 spiro atoms. The van der Waals surface area contributed by atoms with Gasteiger partial charge in [-0.1, -0.05) is 20.8 Å². The summed E-state index contributed by atoms with van der Waals surface area (Å²) >= 11 is 0. The number of benzene rings is 1. The third-order valence-electron chi connectivity index (χ3n) is 4.78. The largest absolute Gasteiger partial charge is 0.506 e. The van der Waals surface area contributed by atoms with Crippen molar-refractivity contribution in [2.75, 3.05) is 18.4 Å². The topological polar surface area (TPSA) is 120 Å². The summed E-state index contributed by atoms with van der Waals surface area (Å²) in [6, 6.07) is 3.75. The van der Waals surface area contributed by atoms with Crippen molar-refractivity contribution in [1.82, 2.24) is 9.29 Å². The van der Waals surface area contributed by atoms with Gasteiger partial charge in [-0.15, -0.1) is 0 Å². The lowest BCUT2D eigenvalue weighted by atomic mass is 10.0. The third kappa shape index (κ3) is 4.35. The second-order valence-corrected chi connectivity index (χ2v) is 8.55. The molecule has 3 N–H and O–H groups in total. The number of phenolic OH excluding ortho intramolecular Hbond substituents is 1. The SMILES string of the molecule is CCc1c(C(=O)Nc2cc(S(=O)(=O)N(CC)CC)ccc2O)[nH]c(C)c1C(C)=O. The van der Waals surface area contributed by atoms with E-state index in [4.69, 9.17) is 0 Å². The van der Waals surface area contributed by atoms with E-state index >= 15 is 0 Å². The molecule has 0 atom stereocenters. The van der Waals surface area contributed by atoms with Gasteiger partial charge in [0.15, 0.2) is 5.78 Å². The maximum Gasteiger partial charge on any atom is 0.272 e. The van der Waals surface area contributed by atoms with E-state index in [9.17, 15) is 23.1 Å². The Balaban J connectivity index is 2.45. The van der Waals surface area contributed by atoms with Crippen LogP contribution in [-0.2, 0) is 16.4 Å². The molecule has 0 bridgehead atoms. The Kier molecular flexibility index (Phi) is 6.86. The van der Waals surface area contributed by atoms with Gasteiger partial charge in [0.05, 0.1) is 10.6 Å². The molecule has 1 heterocycles. The Labute approximate surface area is 171 Å². The molecule has 2 rings (SSSR count). The van der Waals surface area contributed by atoms with Crippen LogP contribution in [0.5, 0.6) is 5.75 Å². The molecule has 2 aromatic rings. The Hall–Kier alpha value is -2.65. The van der Waals surface area contributed by atoms with Gasteiger partial charge in [-0.25, -0.2) is 8.42 Å². The minimum Gasteiger partial charge on any atom is -0.506 e. The molecule has 1 aromatic heterocycles. The summed E-state index contributed by atoms with van der Waals surface area (Å²) in [7, 11) is -3.75. The van der Waals surface area contributed by atoms with Gasteiger partial charge < -0.3 is 15.4 Å². The number of rotatable bonds is 8. The van der Waals surface area contributed by atoms with E-state index in [1.807, 2.05) is 6.92 Å². The third-order valence-corrected chi connectivity index (χ3v) is 6.83. The first-order valence-electron chi connectivity index (χ1n) is 9.45. The second-order valence-electron chi connectivity index (χ2n) is 6.61. The Bertz CT molecular complexity index is 1040. The number of nitrogens with zero attached hydrogens (tertiary/aromatic N) is 1. The molecule has 1 amide bonds. The lowest BCUT2D eigenvalue weighted by Crippen LogP contribution is -2.30. The number of anilines is 1. The van der Waals surface area contributed by atoms with Crippen LogP contribution in [-0.4, -0.2) is 47.6 Å². The number of ketones is 1. The number of aromatic hydroxyl groups is 1. The van der Waals surface area contributed by atoms with Crippen molar-refractivity contribution in [3.8, 4) is 5.75 Å². The Morgan fingerprint density at radius 2 is 1.79 bits per heavy atom. The van der Waals surface area contributed by atoms with Crippen molar-refractivity contribution in [3.05, 3.63) is 40.7 Å². The van der Waals surface area contributed by atoms with Crippen LogP contribution in [0.25, 0.3) is 0 Å². The first kappa shape index (κ1) is 22.6. The van der Waals surface area contributed by atoms with E-state index in [-0.39, 0.29) is 27.8 Å². The van der Waals surface area contributed by atoms with Gasteiger partial charge in [-0.2, -0.15) is 4.31 Å². The van der Waals surface area contributed by atoms with E-state index in [2.05, 4.69) is 10.3 Å². The molecule has 29 heavy (non-hydrogen) atoms. The molecule has 1 aromatic carbocycles. The zero-order valence-corrected chi connectivity index (χ0v) is 18.1. The van der Waals surface area contributed by atoms with Crippen LogP contribution in [0.1, 0.15) is 59.8 Å². The molecule has 8 nitrogen and oxygen atoms in total. The minimum atomic E-state index is -3.75. The van der Waals surface area contributed by atoms with Crippen molar-refractivity contribution in [2.45, 2.75) is 45.9 Å². The van der Waals surface area contributed by atoms with E-state index in [0.29, 0.717) is 36.3 Å². The molecule has 158 valence electrons. The average molecular weight is 422 g/mol. The molecule has 0 aliphatic carbocycles. The maximum atomic E-state index is 12.8. The summed E-state index contributed by atoms with van der Waals surface area (Å²) in [5.74, 6) is -0.972. The van der Waals surface area contributed by atoms with Crippen molar-refractivity contribution in [3.63, 3.8) is 0 Å². The molecule has 0 unspecified atom stereocenters. The highest BCUT2D eigenvalue weighted by Crippen LogP contribution is 2.29. The van der Waals surface area contributed by atoms with Crippen LogP contribution >= 0.6 is 0 Å². The van der Waals surface area contributed by atoms with Gasteiger partial charge in [-0.3, -0.25) is 9.59 Å². The molecular weight excluding hydrogens is 394 g/mol. The lowest BCUT2D eigenvalue weighted by molar-refractivity contribution is 0.101. The minimum absolute atomic E-state index is 0.0260. The number of nitrogens with one attached hydrogen (secondary N) is 2. The highest BCUT2D eigenvalue weighted by Gasteiger charge is 2.25. The quantitative estimate of drug-likeness (QED) is 0.447. The highest BCUT2D eigenvalue weighted by atomic mass is 32.2. The summed E-state index contributed by atoms with van der Waals surface area (Å²) in [5, 5.41) is 12.7. The molecule has 0 saturated carbocycles. The zero-order chi connectivity index (χ0) is 21.9. The fourth-order valence-corrected chi connectivity index (χ4v) is 4.86. The number of amides is 1. The molecule has 0 aliphatic rings. The molecule has 0 aliphatic heterocycles. The molecule has 0 radical (unpaired) electrons. The van der Waals surface area contributed by atoms with Crippen LogP contribution in [0.4, 0.5) is 5.69 Å². The Morgan fingerprint density at radius 1 is 1.17 bits per heavy atom. The molecular formula is C20H27N3O5S. The summed E-state index contributed by atoms with van der Waals surface area (Å²) in [6.45, 7) is 9.05. The standard InChI is InChI=1S/C20H27N3O5S/c1-6-15-18(13(5)24)12(4)21-19(15)20(26)22-16-11-14(9-10-17(16)25)29(27,28)23(7-2)8-3/h9-11,21,25H,6-8H2,1-5H3,(H,22,26). The smallest absolute Gasteiger partial charge is 0.272 e. The lowest BCUT2D eigenvalue weighted by Gasteiger charge is -2.19. The molecule has 0 fully saturated rings. The van der Waals surface area contributed by atoms with E-state index in [1.165, 1.54) is 29.4 Å². The van der Waals surface area contributed by atoms with Gasteiger partial charge in [0.1, 0.15) is 11.4 Å². The predicted octanol–water partition coefficient (Wildman–Crippen LogP) is 3.08. The number of aryl methyl sites for hydroxylation is 1. The maximum absolute atomic E-state index is 12.8. The normalized spacial score (nSPS) is 11.7. The summed E-state index contributed by atoms with van der Waals surface area (Å²) in [6.07, 6.45) is 0.463. The predicted molar refractivity (Wildman–Crippen MR) is 111 cm³/mol. The summed E-state index contributed by atoms with van der Waals surface area (Å²) in [5.41, 5.74) is 1.83. The van der Waals surface area contributed by atoms with Gasteiger partial charge in [0.25, 0.3) is 5.91 Å². The van der Waals surface area contributed by atoms with Crippen LogP contribution in [0.2, 0.25) is 0 Å². The summed E-state index contributed by atoms with van der Waals surface area (Å²) in [4.78, 5) is 27.6.